The highest BCUT2D eigenvalue weighted by molar-refractivity contribution is 7.99. The highest BCUT2D eigenvalue weighted by Crippen LogP contribution is 2.28. The topological polar surface area (TPSA) is 58.6 Å². The van der Waals surface area contributed by atoms with E-state index in [1.807, 2.05) is 59.5 Å². The molecule has 0 spiro atoms. The predicted molar refractivity (Wildman–Crippen MR) is 119 cm³/mol. The summed E-state index contributed by atoms with van der Waals surface area (Å²) in [4.78, 5) is 28.5. The highest BCUT2D eigenvalue weighted by atomic mass is 32.2. The number of nitrogens with one attached hydrogen (secondary N) is 1. The monoisotopic (exact) mass is 424 g/mol. The molecule has 1 unspecified atom stereocenters. The van der Waals surface area contributed by atoms with Crippen molar-refractivity contribution >= 4 is 23.6 Å². The van der Waals surface area contributed by atoms with E-state index in [0.717, 1.165) is 48.5 Å². The van der Waals surface area contributed by atoms with Gasteiger partial charge in [0.2, 0.25) is 0 Å². The molecule has 30 heavy (non-hydrogen) atoms. The van der Waals surface area contributed by atoms with Crippen LogP contribution in [0.1, 0.15) is 46.4 Å². The summed E-state index contributed by atoms with van der Waals surface area (Å²) in [5, 5.41) is 3.10. The molecule has 158 valence electrons. The molecular formula is C24H28N2O3S. The van der Waals surface area contributed by atoms with Crippen molar-refractivity contribution in [2.24, 2.45) is 0 Å². The van der Waals surface area contributed by atoms with Crippen LogP contribution < -0.4 is 5.32 Å². The Morgan fingerprint density at radius 2 is 1.73 bits per heavy atom. The van der Waals surface area contributed by atoms with Crippen molar-refractivity contribution in [2.75, 3.05) is 25.4 Å². The minimum absolute atomic E-state index is 0.0451. The fourth-order valence-corrected chi connectivity index (χ4v) is 5.10. The zero-order valence-electron chi connectivity index (χ0n) is 17.1. The van der Waals surface area contributed by atoms with Gasteiger partial charge in [-0.15, -0.1) is 11.8 Å². The summed E-state index contributed by atoms with van der Waals surface area (Å²) in [5.41, 5.74) is 1.44. The Hall–Kier alpha value is -2.31. The van der Waals surface area contributed by atoms with Crippen LogP contribution in [0.15, 0.2) is 59.5 Å². The van der Waals surface area contributed by atoms with Gasteiger partial charge in [0.05, 0.1) is 11.7 Å². The molecule has 2 amide bonds. The maximum Gasteiger partial charge on any atom is 0.254 e. The van der Waals surface area contributed by atoms with Gasteiger partial charge >= 0.3 is 0 Å². The second kappa shape index (κ2) is 10.1. The Labute approximate surface area is 182 Å². The van der Waals surface area contributed by atoms with Crippen molar-refractivity contribution in [3.8, 4) is 0 Å². The molecule has 4 rings (SSSR count). The largest absolute Gasteiger partial charge is 0.377 e. The summed E-state index contributed by atoms with van der Waals surface area (Å²) in [5.74, 6) is 0.923. The third kappa shape index (κ3) is 5.24. The normalized spacial score (nSPS) is 19.6. The van der Waals surface area contributed by atoms with Gasteiger partial charge in [0.15, 0.2) is 0 Å². The van der Waals surface area contributed by atoms with Crippen molar-refractivity contribution in [3.63, 3.8) is 0 Å². The number of rotatable bonds is 6. The zero-order valence-corrected chi connectivity index (χ0v) is 17.9. The van der Waals surface area contributed by atoms with Crippen molar-refractivity contribution in [2.45, 2.75) is 42.7 Å². The number of benzene rings is 2. The molecule has 0 saturated carbocycles. The van der Waals surface area contributed by atoms with Gasteiger partial charge < -0.3 is 15.0 Å². The zero-order chi connectivity index (χ0) is 20.8. The fourth-order valence-electron chi connectivity index (χ4n) is 3.98. The van der Waals surface area contributed by atoms with Crippen molar-refractivity contribution in [3.05, 3.63) is 65.7 Å². The molecule has 0 aliphatic carbocycles. The first-order valence-corrected chi connectivity index (χ1v) is 11.7. The third-order valence-electron chi connectivity index (χ3n) is 5.72. The first kappa shape index (κ1) is 20.9. The molecule has 2 aliphatic heterocycles. The van der Waals surface area contributed by atoms with E-state index in [0.29, 0.717) is 24.8 Å². The van der Waals surface area contributed by atoms with Gasteiger partial charge in [-0.3, -0.25) is 9.59 Å². The van der Waals surface area contributed by atoms with Gasteiger partial charge in [0.1, 0.15) is 0 Å². The van der Waals surface area contributed by atoms with Crippen molar-refractivity contribution in [1.82, 2.24) is 10.2 Å². The first-order chi connectivity index (χ1) is 14.7. The maximum atomic E-state index is 13.2. The van der Waals surface area contributed by atoms with Crippen LogP contribution in [0.2, 0.25) is 0 Å². The molecule has 5 nitrogen and oxygen atoms in total. The molecule has 0 bridgehead atoms. The van der Waals surface area contributed by atoms with Crippen molar-refractivity contribution < 1.29 is 14.3 Å². The van der Waals surface area contributed by atoms with Crippen LogP contribution in [0.3, 0.4) is 0 Å². The molecule has 2 aromatic rings. The second-order valence-electron chi connectivity index (χ2n) is 7.85. The molecule has 2 heterocycles. The average molecular weight is 425 g/mol. The summed E-state index contributed by atoms with van der Waals surface area (Å²) in [6.45, 7) is 2.16. The molecule has 2 aliphatic rings. The number of piperidine rings is 1. The molecule has 2 aromatic carbocycles. The van der Waals surface area contributed by atoms with Gasteiger partial charge in [-0.05, 0) is 49.9 Å². The van der Waals surface area contributed by atoms with E-state index in [2.05, 4.69) is 5.32 Å². The van der Waals surface area contributed by atoms with Crippen LogP contribution in [0, 0.1) is 0 Å². The van der Waals surface area contributed by atoms with E-state index >= 15 is 0 Å². The van der Waals surface area contributed by atoms with Gasteiger partial charge in [-0.25, -0.2) is 0 Å². The number of hydrogen-bond donors (Lipinski definition) is 1. The second-order valence-corrected chi connectivity index (χ2v) is 8.91. The van der Waals surface area contributed by atoms with Crippen LogP contribution in [-0.4, -0.2) is 54.3 Å². The number of hydrogen-bond acceptors (Lipinski definition) is 4. The smallest absolute Gasteiger partial charge is 0.254 e. The molecule has 0 radical (unpaired) electrons. The lowest BCUT2D eigenvalue weighted by Crippen LogP contribution is -2.46. The summed E-state index contributed by atoms with van der Waals surface area (Å²) in [6, 6.07) is 17.2. The minimum Gasteiger partial charge on any atom is -0.377 e. The minimum atomic E-state index is -0.0451. The number of carbonyl (C=O) groups excluding carboxylic acids is 2. The van der Waals surface area contributed by atoms with Crippen molar-refractivity contribution in [1.29, 1.82) is 0 Å². The Balaban J connectivity index is 1.31. The SMILES string of the molecule is O=C(NC1CCN(C(=O)c2ccccc2SCC2CCCO2)CC1)c1ccccc1. The van der Waals surface area contributed by atoms with E-state index < -0.39 is 0 Å². The maximum absolute atomic E-state index is 13.2. The standard InChI is InChI=1S/C24H28N2O3S/c27-23(18-7-2-1-3-8-18)25-19-12-14-26(15-13-19)24(28)21-10-4-5-11-22(21)30-17-20-9-6-16-29-20/h1-5,7-8,10-11,19-20H,6,9,12-17H2,(H,25,27). The first-order valence-electron chi connectivity index (χ1n) is 10.7. The number of thioether (sulfide) groups is 1. The lowest BCUT2D eigenvalue weighted by Gasteiger charge is -2.33. The predicted octanol–water partition coefficient (Wildman–Crippen LogP) is 3.99. The lowest BCUT2D eigenvalue weighted by atomic mass is 10.0. The van der Waals surface area contributed by atoms with Gasteiger partial charge in [0, 0.05) is 42.0 Å². The lowest BCUT2D eigenvalue weighted by molar-refractivity contribution is 0.0694. The number of ether oxygens (including phenoxy) is 1. The number of likely N-dealkylation sites (tertiary alicyclic amines) is 1. The molecule has 2 saturated heterocycles. The fraction of sp³-hybridized carbons (Fsp3) is 0.417. The average Bonchev–Trinajstić information content (AvgIpc) is 3.32. The quantitative estimate of drug-likeness (QED) is 0.713. The summed E-state index contributed by atoms with van der Waals surface area (Å²) < 4.78 is 5.72. The summed E-state index contributed by atoms with van der Waals surface area (Å²) >= 11 is 1.71. The third-order valence-corrected chi connectivity index (χ3v) is 6.93. The number of carbonyl (C=O) groups is 2. The molecule has 1 N–H and O–H groups in total. The van der Waals surface area contributed by atoms with E-state index in [1.165, 1.54) is 0 Å². The molecule has 2 fully saturated rings. The molecule has 1 atom stereocenters. The van der Waals surface area contributed by atoms with Crippen LogP contribution in [-0.2, 0) is 4.74 Å². The highest BCUT2D eigenvalue weighted by Gasteiger charge is 2.26. The summed E-state index contributed by atoms with van der Waals surface area (Å²) in [7, 11) is 0. The molecule has 6 heteroatoms. The number of nitrogens with zero attached hydrogens (tertiary/aromatic N) is 1. The molecular weight excluding hydrogens is 396 g/mol. The van der Waals surface area contributed by atoms with Gasteiger partial charge in [0.25, 0.3) is 11.8 Å². The summed E-state index contributed by atoms with van der Waals surface area (Å²) in [6.07, 6.45) is 4.07. The Kier molecular flexibility index (Phi) is 7.07. The van der Waals surface area contributed by atoms with Crippen LogP contribution in [0.5, 0.6) is 0 Å². The van der Waals surface area contributed by atoms with Crippen LogP contribution >= 0.6 is 11.8 Å². The molecule has 0 aromatic heterocycles. The number of amides is 2. The van der Waals surface area contributed by atoms with Gasteiger partial charge in [-0.2, -0.15) is 0 Å². The Morgan fingerprint density at radius 1 is 1.00 bits per heavy atom. The Bertz CT molecular complexity index is 860. The Morgan fingerprint density at radius 3 is 2.47 bits per heavy atom. The van der Waals surface area contributed by atoms with E-state index in [1.54, 1.807) is 11.8 Å². The van der Waals surface area contributed by atoms with Gasteiger partial charge in [-0.1, -0.05) is 30.3 Å². The van der Waals surface area contributed by atoms with Crippen LogP contribution in [0.4, 0.5) is 0 Å². The van der Waals surface area contributed by atoms with E-state index in [-0.39, 0.29) is 17.9 Å². The van der Waals surface area contributed by atoms with E-state index in [4.69, 9.17) is 4.74 Å². The van der Waals surface area contributed by atoms with Crippen LogP contribution in [0.25, 0.3) is 0 Å². The van der Waals surface area contributed by atoms with E-state index in [9.17, 15) is 9.59 Å².